The highest BCUT2D eigenvalue weighted by Gasteiger charge is 2.24. The van der Waals surface area contributed by atoms with E-state index in [9.17, 15) is 4.39 Å². The number of hydrogen-bond donors (Lipinski definition) is 0. The minimum atomic E-state index is -0.106. The molecule has 0 amide bonds. The van der Waals surface area contributed by atoms with Crippen LogP contribution in [0, 0.1) is 12.7 Å². The lowest BCUT2D eigenvalue weighted by Crippen LogP contribution is -2.31. The molecule has 0 radical (unpaired) electrons. The molecule has 3 heteroatoms. The lowest BCUT2D eigenvalue weighted by molar-refractivity contribution is 0.315. The fourth-order valence-corrected chi connectivity index (χ4v) is 2.18. The molecule has 0 aliphatic carbocycles. The lowest BCUT2D eigenvalue weighted by Gasteiger charge is -2.22. The van der Waals surface area contributed by atoms with Crippen LogP contribution in [-0.4, -0.2) is 38.1 Å². The van der Waals surface area contributed by atoms with Crippen molar-refractivity contribution in [1.82, 2.24) is 4.90 Å². The molecular weight excluding hydrogens is 203 g/mol. The SMILES string of the molecule is Cc1ccc(N2CCC(N(C)C)C2)cc1F. The van der Waals surface area contributed by atoms with Crippen LogP contribution in [0.4, 0.5) is 10.1 Å². The highest BCUT2D eigenvalue weighted by molar-refractivity contribution is 5.49. The Balaban J connectivity index is 2.11. The van der Waals surface area contributed by atoms with Crippen molar-refractivity contribution in [2.24, 2.45) is 0 Å². The fraction of sp³-hybridized carbons (Fsp3) is 0.538. The predicted octanol–water partition coefficient (Wildman–Crippen LogP) is 2.27. The third kappa shape index (κ3) is 2.19. The zero-order chi connectivity index (χ0) is 11.7. The van der Waals surface area contributed by atoms with Gasteiger partial charge < -0.3 is 9.80 Å². The molecular formula is C13H19FN2. The first-order chi connectivity index (χ1) is 7.58. The van der Waals surface area contributed by atoms with Crippen LogP contribution in [0.1, 0.15) is 12.0 Å². The first-order valence-corrected chi connectivity index (χ1v) is 5.75. The van der Waals surface area contributed by atoms with E-state index in [0.29, 0.717) is 11.6 Å². The van der Waals surface area contributed by atoms with E-state index in [2.05, 4.69) is 23.9 Å². The number of benzene rings is 1. The smallest absolute Gasteiger partial charge is 0.128 e. The van der Waals surface area contributed by atoms with E-state index >= 15 is 0 Å². The Bertz CT molecular complexity index is 376. The standard InChI is InChI=1S/C13H19FN2/c1-10-4-5-11(8-13(10)14)16-7-6-12(9-16)15(2)3/h4-5,8,12H,6-7,9H2,1-3H3. The second-order valence-electron chi connectivity index (χ2n) is 4.79. The zero-order valence-electron chi connectivity index (χ0n) is 10.2. The second-order valence-corrected chi connectivity index (χ2v) is 4.79. The van der Waals surface area contributed by atoms with Crippen LogP contribution >= 0.6 is 0 Å². The van der Waals surface area contributed by atoms with Crippen LogP contribution < -0.4 is 4.90 Å². The summed E-state index contributed by atoms with van der Waals surface area (Å²) in [6.07, 6.45) is 1.16. The summed E-state index contributed by atoms with van der Waals surface area (Å²) in [5.41, 5.74) is 1.72. The first kappa shape index (κ1) is 11.4. The third-order valence-electron chi connectivity index (χ3n) is 3.41. The maximum absolute atomic E-state index is 13.5. The molecule has 0 bridgehead atoms. The van der Waals surface area contributed by atoms with E-state index in [0.717, 1.165) is 25.2 Å². The largest absolute Gasteiger partial charge is 0.370 e. The van der Waals surface area contributed by atoms with Gasteiger partial charge in [0.2, 0.25) is 0 Å². The van der Waals surface area contributed by atoms with Crippen LogP contribution in [0.3, 0.4) is 0 Å². The van der Waals surface area contributed by atoms with Gasteiger partial charge in [0, 0.05) is 24.8 Å². The molecule has 1 saturated heterocycles. The van der Waals surface area contributed by atoms with Crippen LogP contribution in [-0.2, 0) is 0 Å². The maximum atomic E-state index is 13.5. The van der Waals surface area contributed by atoms with Gasteiger partial charge in [-0.15, -0.1) is 0 Å². The number of halogens is 1. The molecule has 2 rings (SSSR count). The summed E-state index contributed by atoms with van der Waals surface area (Å²) in [5.74, 6) is -0.106. The normalized spacial score (nSPS) is 20.8. The average molecular weight is 222 g/mol. The van der Waals surface area contributed by atoms with Gasteiger partial charge in [0.15, 0.2) is 0 Å². The number of hydrogen-bond acceptors (Lipinski definition) is 2. The Kier molecular flexibility index (Phi) is 3.15. The van der Waals surface area contributed by atoms with Gasteiger partial charge in [-0.1, -0.05) is 6.07 Å². The van der Waals surface area contributed by atoms with Crippen LogP contribution in [0.25, 0.3) is 0 Å². The Hall–Kier alpha value is -1.09. The molecule has 1 atom stereocenters. The van der Waals surface area contributed by atoms with Crippen LogP contribution in [0.2, 0.25) is 0 Å². The van der Waals surface area contributed by atoms with Crippen molar-refractivity contribution < 1.29 is 4.39 Å². The number of nitrogens with zero attached hydrogens (tertiary/aromatic N) is 2. The molecule has 88 valence electrons. The molecule has 0 saturated carbocycles. The van der Waals surface area contributed by atoms with E-state index in [-0.39, 0.29) is 5.82 Å². The maximum Gasteiger partial charge on any atom is 0.128 e. The van der Waals surface area contributed by atoms with E-state index in [4.69, 9.17) is 0 Å². The number of anilines is 1. The summed E-state index contributed by atoms with van der Waals surface area (Å²) in [6, 6.07) is 6.10. The molecule has 2 nitrogen and oxygen atoms in total. The second kappa shape index (κ2) is 4.42. The van der Waals surface area contributed by atoms with Gasteiger partial charge in [0.1, 0.15) is 5.82 Å². The van der Waals surface area contributed by atoms with Gasteiger partial charge in [-0.2, -0.15) is 0 Å². The highest BCUT2D eigenvalue weighted by Crippen LogP contribution is 2.23. The minimum Gasteiger partial charge on any atom is -0.370 e. The van der Waals surface area contributed by atoms with Crippen molar-refractivity contribution in [2.75, 3.05) is 32.1 Å². The van der Waals surface area contributed by atoms with Crippen molar-refractivity contribution in [3.63, 3.8) is 0 Å². The van der Waals surface area contributed by atoms with Crippen molar-refractivity contribution in [3.05, 3.63) is 29.6 Å². The summed E-state index contributed by atoms with van der Waals surface area (Å²) in [5, 5.41) is 0. The van der Waals surface area contributed by atoms with Crippen molar-refractivity contribution in [2.45, 2.75) is 19.4 Å². The van der Waals surface area contributed by atoms with Gasteiger partial charge >= 0.3 is 0 Å². The Labute approximate surface area is 96.7 Å². The van der Waals surface area contributed by atoms with Crippen molar-refractivity contribution in [1.29, 1.82) is 0 Å². The molecule has 1 aliphatic heterocycles. The molecule has 1 aromatic carbocycles. The topological polar surface area (TPSA) is 6.48 Å². The van der Waals surface area contributed by atoms with Crippen LogP contribution in [0.15, 0.2) is 18.2 Å². The zero-order valence-corrected chi connectivity index (χ0v) is 10.2. The van der Waals surface area contributed by atoms with E-state index in [1.807, 2.05) is 12.1 Å². The molecule has 0 N–H and O–H groups in total. The van der Waals surface area contributed by atoms with E-state index in [1.165, 1.54) is 0 Å². The number of aryl methyl sites for hydroxylation is 1. The molecule has 0 aromatic heterocycles. The van der Waals surface area contributed by atoms with Gasteiger partial charge in [0.25, 0.3) is 0 Å². The molecule has 1 heterocycles. The van der Waals surface area contributed by atoms with Crippen LogP contribution in [0.5, 0.6) is 0 Å². The molecule has 1 aromatic rings. The lowest BCUT2D eigenvalue weighted by atomic mass is 10.2. The number of rotatable bonds is 2. The highest BCUT2D eigenvalue weighted by atomic mass is 19.1. The van der Waals surface area contributed by atoms with Crippen molar-refractivity contribution >= 4 is 5.69 Å². The van der Waals surface area contributed by atoms with Crippen molar-refractivity contribution in [3.8, 4) is 0 Å². The Morgan fingerprint density at radius 3 is 2.69 bits per heavy atom. The molecule has 1 unspecified atom stereocenters. The number of likely N-dealkylation sites (N-methyl/N-ethyl adjacent to an activating group) is 1. The molecule has 1 fully saturated rings. The molecule has 1 aliphatic rings. The minimum absolute atomic E-state index is 0.106. The molecule has 16 heavy (non-hydrogen) atoms. The monoisotopic (exact) mass is 222 g/mol. The summed E-state index contributed by atoms with van der Waals surface area (Å²) in [6.45, 7) is 3.81. The predicted molar refractivity (Wildman–Crippen MR) is 65.4 cm³/mol. The summed E-state index contributed by atoms with van der Waals surface area (Å²) in [7, 11) is 4.20. The Morgan fingerprint density at radius 1 is 1.38 bits per heavy atom. The van der Waals surface area contributed by atoms with E-state index < -0.39 is 0 Å². The summed E-state index contributed by atoms with van der Waals surface area (Å²) in [4.78, 5) is 4.50. The van der Waals surface area contributed by atoms with Gasteiger partial charge in [-0.25, -0.2) is 4.39 Å². The fourth-order valence-electron chi connectivity index (χ4n) is 2.18. The summed E-state index contributed by atoms with van der Waals surface area (Å²) >= 11 is 0. The summed E-state index contributed by atoms with van der Waals surface area (Å²) < 4.78 is 13.5. The first-order valence-electron chi connectivity index (χ1n) is 5.75. The van der Waals surface area contributed by atoms with E-state index in [1.54, 1.807) is 13.0 Å². The Morgan fingerprint density at radius 2 is 2.12 bits per heavy atom. The quantitative estimate of drug-likeness (QED) is 0.757. The molecule has 0 spiro atoms. The van der Waals surface area contributed by atoms with Gasteiger partial charge in [-0.05, 0) is 45.1 Å². The third-order valence-corrected chi connectivity index (χ3v) is 3.41. The average Bonchev–Trinajstić information content (AvgIpc) is 2.71. The van der Waals surface area contributed by atoms with Gasteiger partial charge in [0.05, 0.1) is 0 Å². The van der Waals surface area contributed by atoms with Gasteiger partial charge in [-0.3, -0.25) is 0 Å².